The first-order valence-corrected chi connectivity index (χ1v) is 6.04. The van der Waals surface area contributed by atoms with Crippen molar-refractivity contribution in [1.82, 2.24) is 5.32 Å². The summed E-state index contributed by atoms with van der Waals surface area (Å²) in [6.07, 6.45) is 4.96. The van der Waals surface area contributed by atoms with E-state index >= 15 is 0 Å². The molecule has 0 radical (unpaired) electrons. The number of hydrogen-bond donors (Lipinski definition) is 1. The zero-order chi connectivity index (χ0) is 11.0. The lowest BCUT2D eigenvalue weighted by Gasteiger charge is -2.33. The number of benzene rings is 1. The third-order valence-corrected chi connectivity index (χ3v) is 4.13. The number of nitrogens with zero attached hydrogens (tertiary/aromatic N) is 1. The van der Waals surface area contributed by atoms with E-state index in [4.69, 9.17) is 5.26 Å². The Morgan fingerprint density at radius 1 is 1.12 bits per heavy atom. The van der Waals surface area contributed by atoms with Crippen LogP contribution in [0.2, 0.25) is 0 Å². The second-order valence-corrected chi connectivity index (χ2v) is 5.20. The Hall–Kier alpha value is -1.33. The molecule has 1 aliphatic heterocycles. The molecule has 0 atom stereocenters. The summed E-state index contributed by atoms with van der Waals surface area (Å²) >= 11 is 0. The second kappa shape index (κ2) is 3.61. The predicted octanol–water partition coefficient (Wildman–Crippen LogP) is 2.03. The molecule has 1 spiro atoms. The maximum atomic E-state index is 8.91. The number of piperidine rings is 1. The van der Waals surface area contributed by atoms with Gasteiger partial charge in [0.15, 0.2) is 0 Å². The van der Waals surface area contributed by atoms with Crippen molar-refractivity contribution in [1.29, 1.82) is 5.26 Å². The van der Waals surface area contributed by atoms with Crippen LogP contribution < -0.4 is 5.32 Å². The molecule has 1 aliphatic carbocycles. The molecule has 82 valence electrons. The van der Waals surface area contributed by atoms with Crippen molar-refractivity contribution >= 4 is 0 Å². The van der Waals surface area contributed by atoms with Crippen LogP contribution in [0.3, 0.4) is 0 Å². The molecule has 0 bridgehead atoms. The van der Waals surface area contributed by atoms with E-state index in [9.17, 15) is 0 Å². The van der Waals surface area contributed by atoms with Gasteiger partial charge < -0.3 is 5.32 Å². The monoisotopic (exact) mass is 212 g/mol. The molecule has 1 N–H and O–H groups in total. The summed E-state index contributed by atoms with van der Waals surface area (Å²) in [4.78, 5) is 0. The van der Waals surface area contributed by atoms with Crippen molar-refractivity contribution in [2.24, 2.45) is 5.41 Å². The molecule has 1 aromatic carbocycles. The lowest BCUT2D eigenvalue weighted by atomic mass is 9.76. The van der Waals surface area contributed by atoms with Crippen LogP contribution in [0.1, 0.15) is 29.5 Å². The van der Waals surface area contributed by atoms with E-state index in [0.717, 1.165) is 18.7 Å². The standard InChI is InChI=1S/C14H16N2/c15-10-11-1-2-12-8-14(9-13(12)7-11)3-5-16-6-4-14/h1-2,7,16H,3-6,8-9H2. The minimum Gasteiger partial charge on any atom is -0.317 e. The van der Waals surface area contributed by atoms with Crippen LogP contribution in [-0.4, -0.2) is 13.1 Å². The summed E-state index contributed by atoms with van der Waals surface area (Å²) in [6, 6.07) is 8.44. The molecule has 2 heteroatoms. The summed E-state index contributed by atoms with van der Waals surface area (Å²) in [7, 11) is 0. The van der Waals surface area contributed by atoms with E-state index in [0.29, 0.717) is 5.41 Å². The van der Waals surface area contributed by atoms with Crippen molar-refractivity contribution in [2.75, 3.05) is 13.1 Å². The van der Waals surface area contributed by atoms with Crippen LogP contribution in [0.5, 0.6) is 0 Å². The molecule has 0 saturated carbocycles. The van der Waals surface area contributed by atoms with Gasteiger partial charge in [0.25, 0.3) is 0 Å². The van der Waals surface area contributed by atoms with Gasteiger partial charge in [0, 0.05) is 0 Å². The van der Waals surface area contributed by atoms with Crippen LogP contribution in [0.4, 0.5) is 0 Å². The van der Waals surface area contributed by atoms with Gasteiger partial charge in [-0.25, -0.2) is 0 Å². The van der Waals surface area contributed by atoms with E-state index in [2.05, 4.69) is 23.5 Å². The number of hydrogen-bond acceptors (Lipinski definition) is 2. The summed E-state index contributed by atoms with van der Waals surface area (Å²) < 4.78 is 0. The summed E-state index contributed by atoms with van der Waals surface area (Å²) in [5, 5.41) is 12.3. The summed E-state index contributed by atoms with van der Waals surface area (Å²) in [5.74, 6) is 0. The van der Waals surface area contributed by atoms with Crippen LogP contribution in [0, 0.1) is 16.7 Å². The van der Waals surface area contributed by atoms with Crippen LogP contribution in [0.15, 0.2) is 18.2 Å². The quantitative estimate of drug-likeness (QED) is 0.714. The van der Waals surface area contributed by atoms with Gasteiger partial charge in [-0.15, -0.1) is 0 Å². The fourth-order valence-electron chi connectivity index (χ4n) is 3.21. The summed E-state index contributed by atoms with van der Waals surface area (Å²) in [6.45, 7) is 2.30. The van der Waals surface area contributed by atoms with Gasteiger partial charge in [-0.2, -0.15) is 5.26 Å². The molecular weight excluding hydrogens is 196 g/mol. The van der Waals surface area contributed by atoms with Gasteiger partial charge >= 0.3 is 0 Å². The highest BCUT2D eigenvalue weighted by molar-refractivity contribution is 5.42. The number of nitriles is 1. The van der Waals surface area contributed by atoms with Crippen molar-refractivity contribution < 1.29 is 0 Å². The largest absolute Gasteiger partial charge is 0.317 e. The number of fused-ring (bicyclic) bond motifs is 1. The van der Waals surface area contributed by atoms with E-state index < -0.39 is 0 Å². The first-order chi connectivity index (χ1) is 7.81. The Morgan fingerprint density at radius 3 is 2.62 bits per heavy atom. The van der Waals surface area contributed by atoms with Crippen LogP contribution >= 0.6 is 0 Å². The Morgan fingerprint density at radius 2 is 1.88 bits per heavy atom. The minimum absolute atomic E-state index is 0.502. The van der Waals surface area contributed by atoms with Crippen molar-refractivity contribution in [3.63, 3.8) is 0 Å². The zero-order valence-corrected chi connectivity index (χ0v) is 9.42. The molecule has 3 rings (SSSR count). The highest BCUT2D eigenvalue weighted by Gasteiger charge is 2.37. The van der Waals surface area contributed by atoms with Gasteiger partial charge in [-0.05, 0) is 67.4 Å². The molecule has 2 nitrogen and oxygen atoms in total. The smallest absolute Gasteiger partial charge is 0.0991 e. The molecule has 1 saturated heterocycles. The highest BCUT2D eigenvalue weighted by atomic mass is 14.9. The third kappa shape index (κ3) is 1.52. The maximum absolute atomic E-state index is 8.91. The Labute approximate surface area is 96.3 Å². The van der Waals surface area contributed by atoms with E-state index in [-0.39, 0.29) is 0 Å². The van der Waals surface area contributed by atoms with E-state index in [1.807, 2.05) is 6.07 Å². The van der Waals surface area contributed by atoms with E-state index in [1.54, 1.807) is 0 Å². The average Bonchev–Trinajstić information content (AvgIpc) is 2.66. The first-order valence-electron chi connectivity index (χ1n) is 6.04. The van der Waals surface area contributed by atoms with Crippen molar-refractivity contribution in [3.05, 3.63) is 34.9 Å². The molecule has 0 aromatic heterocycles. The number of rotatable bonds is 0. The van der Waals surface area contributed by atoms with Crippen LogP contribution in [-0.2, 0) is 12.8 Å². The fourth-order valence-corrected chi connectivity index (χ4v) is 3.21. The third-order valence-electron chi connectivity index (χ3n) is 4.13. The minimum atomic E-state index is 0.502. The molecule has 16 heavy (non-hydrogen) atoms. The Kier molecular flexibility index (Phi) is 2.22. The van der Waals surface area contributed by atoms with Gasteiger partial charge in [-0.1, -0.05) is 6.07 Å². The fraction of sp³-hybridized carbons (Fsp3) is 0.500. The maximum Gasteiger partial charge on any atom is 0.0991 e. The van der Waals surface area contributed by atoms with Gasteiger partial charge in [0.05, 0.1) is 11.6 Å². The van der Waals surface area contributed by atoms with Crippen LogP contribution in [0.25, 0.3) is 0 Å². The van der Waals surface area contributed by atoms with Gasteiger partial charge in [0.1, 0.15) is 0 Å². The lowest BCUT2D eigenvalue weighted by molar-refractivity contribution is 0.216. The van der Waals surface area contributed by atoms with Gasteiger partial charge in [-0.3, -0.25) is 0 Å². The predicted molar refractivity (Wildman–Crippen MR) is 63.1 cm³/mol. The molecule has 1 fully saturated rings. The molecule has 0 amide bonds. The average molecular weight is 212 g/mol. The zero-order valence-electron chi connectivity index (χ0n) is 9.42. The topological polar surface area (TPSA) is 35.8 Å². The second-order valence-electron chi connectivity index (χ2n) is 5.20. The Bertz CT molecular complexity index is 450. The van der Waals surface area contributed by atoms with Crippen molar-refractivity contribution in [2.45, 2.75) is 25.7 Å². The van der Waals surface area contributed by atoms with Gasteiger partial charge in [0.2, 0.25) is 0 Å². The molecular formula is C14H16N2. The van der Waals surface area contributed by atoms with Crippen molar-refractivity contribution in [3.8, 4) is 6.07 Å². The normalized spacial score (nSPS) is 21.7. The molecule has 2 aliphatic rings. The molecule has 1 aromatic rings. The highest BCUT2D eigenvalue weighted by Crippen LogP contribution is 2.43. The lowest BCUT2D eigenvalue weighted by Crippen LogP contribution is -2.37. The summed E-state index contributed by atoms with van der Waals surface area (Å²) in [5.41, 5.74) is 4.20. The molecule has 1 heterocycles. The first kappa shape index (κ1) is 9.86. The van der Waals surface area contributed by atoms with E-state index in [1.165, 1.54) is 36.8 Å². The SMILES string of the molecule is N#Cc1ccc2c(c1)CC1(CCNCC1)C2. The number of nitrogens with one attached hydrogen (secondary N) is 1. The molecule has 0 unspecified atom stereocenters. The Balaban J connectivity index is 1.91.